The number of aliphatic hydroxyl groups is 1. The predicted octanol–water partition coefficient (Wildman–Crippen LogP) is 10.1. The minimum absolute atomic E-state index is 0.0968. The van der Waals surface area contributed by atoms with Crippen molar-refractivity contribution in [3.8, 4) is 11.3 Å². The summed E-state index contributed by atoms with van der Waals surface area (Å²) in [6, 6.07) is 18.1. The third-order valence-electron chi connectivity index (χ3n) is 7.22. The van der Waals surface area contributed by atoms with E-state index in [0.29, 0.717) is 55.3 Å². The van der Waals surface area contributed by atoms with Gasteiger partial charge in [-0.3, -0.25) is 9.59 Å². The Kier molecular flexibility index (Phi) is 8.32. The molecule has 224 valence electrons. The van der Waals surface area contributed by atoms with E-state index >= 15 is 0 Å². The quantitative estimate of drug-likeness (QED) is 0.177. The number of hydrogen-bond acceptors (Lipinski definition) is 4. The van der Waals surface area contributed by atoms with Gasteiger partial charge in [-0.1, -0.05) is 68.2 Å². The van der Waals surface area contributed by atoms with Gasteiger partial charge in [0, 0.05) is 17.0 Å². The van der Waals surface area contributed by atoms with Crippen molar-refractivity contribution in [3.63, 3.8) is 0 Å². The summed E-state index contributed by atoms with van der Waals surface area (Å²) >= 11 is 12.9. The molecule has 1 N–H and O–H groups in total. The highest BCUT2D eigenvalue weighted by Crippen LogP contribution is 2.39. The van der Waals surface area contributed by atoms with Gasteiger partial charge in [0.1, 0.15) is 17.3 Å². The van der Waals surface area contributed by atoms with Gasteiger partial charge >= 0.3 is 11.5 Å². The van der Waals surface area contributed by atoms with Gasteiger partial charge in [0.25, 0.3) is 0 Å². The molecule has 0 fully saturated rings. The zero-order chi connectivity index (χ0) is 32.0. The Bertz CT molecular complexity index is 1860. The Morgan fingerprint density at radius 2 is 1.39 bits per heavy atom. The number of halogens is 2. The lowest BCUT2D eigenvalue weighted by molar-refractivity contribution is -0.131. The second kappa shape index (κ2) is 11.7. The summed E-state index contributed by atoms with van der Waals surface area (Å²) in [6.07, 6.45) is 6.56. The lowest BCUT2D eigenvalue weighted by Gasteiger charge is -2.28. The number of carbonyl (C=O) groups excluding carboxylic acids is 2. The van der Waals surface area contributed by atoms with Crippen molar-refractivity contribution in [1.82, 2.24) is 0 Å². The average Bonchev–Trinajstić information content (AvgIpc) is 3.15. The van der Waals surface area contributed by atoms with E-state index in [1.165, 1.54) is 12.2 Å². The maximum Gasteiger partial charge on any atom is 0.362 e. The first-order valence-corrected chi connectivity index (χ1v) is 15.0. The molecule has 0 saturated carbocycles. The minimum atomic E-state index is -0.797. The second-order valence-corrected chi connectivity index (χ2v) is 13.6. The fourth-order valence-corrected chi connectivity index (χ4v) is 5.20. The molecule has 5 nitrogen and oxygen atoms in total. The molecule has 0 radical (unpaired) electrons. The molecule has 0 atom stereocenters. The zero-order valence-corrected chi connectivity index (χ0v) is 26.9. The standard InChI is InChI=1S/C37H32Cl2O5/c1-36(2,3)31-19-21(17-29(43-31)23-11-7-9-13-27(23)38)15-25-33(40)26(35(42)34(25)41)16-22-18-30(24-12-8-10-14-28(24)39)44-32(20-22)37(4,5)6/h7-20H,1-6H3/p+1. The van der Waals surface area contributed by atoms with Crippen LogP contribution in [0.15, 0.2) is 112 Å². The van der Waals surface area contributed by atoms with E-state index in [4.69, 9.17) is 32.4 Å². The van der Waals surface area contributed by atoms with Crippen LogP contribution in [0.3, 0.4) is 0 Å². The van der Waals surface area contributed by atoms with Crippen LogP contribution in [0.4, 0.5) is 0 Å². The Morgan fingerprint density at radius 3 is 1.98 bits per heavy atom. The van der Waals surface area contributed by atoms with E-state index in [1.807, 2.05) is 77.9 Å². The normalized spacial score (nSPS) is 17.7. The van der Waals surface area contributed by atoms with E-state index in [-0.39, 0.29) is 22.0 Å². The molecule has 0 unspecified atom stereocenters. The highest BCUT2D eigenvalue weighted by atomic mass is 35.5. The van der Waals surface area contributed by atoms with Crippen molar-refractivity contribution in [2.45, 2.75) is 47.0 Å². The van der Waals surface area contributed by atoms with Gasteiger partial charge in [0.2, 0.25) is 11.6 Å². The third kappa shape index (κ3) is 6.35. The van der Waals surface area contributed by atoms with Crippen LogP contribution >= 0.6 is 23.2 Å². The van der Waals surface area contributed by atoms with Crippen LogP contribution in [-0.2, 0) is 19.7 Å². The van der Waals surface area contributed by atoms with Crippen molar-refractivity contribution in [3.05, 3.63) is 134 Å². The number of ketones is 2. The number of ether oxygens (including phenoxy) is 1. The van der Waals surface area contributed by atoms with E-state index in [0.717, 1.165) is 0 Å². The van der Waals surface area contributed by atoms with Gasteiger partial charge in [-0.05, 0) is 80.5 Å². The maximum atomic E-state index is 13.3. The summed E-state index contributed by atoms with van der Waals surface area (Å²) in [4.78, 5) is 26.5. The number of carbonyl (C=O) groups is 2. The predicted molar refractivity (Wildman–Crippen MR) is 176 cm³/mol. The molecule has 7 heteroatoms. The highest BCUT2D eigenvalue weighted by Gasteiger charge is 2.37. The first kappa shape index (κ1) is 31.2. The van der Waals surface area contributed by atoms with Crippen molar-refractivity contribution >= 4 is 46.6 Å². The Labute approximate surface area is 267 Å². The third-order valence-corrected chi connectivity index (χ3v) is 7.87. The second-order valence-electron chi connectivity index (χ2n) is 12.8. The molecule has 2 heterocycles. The summed E-state index contributed by atoms with van der Waals surface area (Å²) < 4.78 is 12.4. The van der Waals surface area contributed by atoms with Gasteiger partial charge in [-0.15, -0.1) is 0 Å². The molecule has 0 saturated heterocycles. The van der Waals surface area contributed by atoms with Crippen LogP contribution in [0.1, 0.15) is 58.4 Å². The van der Waals surface area contributed by atoms with E-state index < -0.39 is 17.3 Å². The molecular weight excluding hydrogens is 595 g/mol. The molecule has 0 bridgehead atoms. The average molecular weight is 629 g/mol. The number of hydrogen-bond donors (Lipinski definition) is 1. The maximum absolute atomic E-state index is 13.3. The number of aliphatic hydroxyl groups excluding tert-OH is 1. The Balaban J connectivity index is 1.63. The van der Waals surface area contributed by atoms with Crippen molar-refractivity contribution in [1.29, 1.82) is 0 Å². The number of allylic oxidation sites excluding steroid dienone is 7. The van der Waals surface area contributed by atoms with Gasteiger partial charge in [-0.25, -0.2) is 4.42 Å². The van der Waals surface area contributed by atoms with Crippen LogP contribution in [0, 0.1) is 5.41 Å². The summed E-state index contributed by atoms with van der Waals surface area (Å²) in [7, 11) is 0. The van der Waals surface area contributed by atoms with E-state index in [2.05, 4.69) is 0 Å². The van der Waals surface area contributed by atoms with Gasteiger partial charge in [0.05, 0.1) is 38.2 Å². The van der Waals surface area contributed by atoms with Gasteiger partial charge in [0.15, 0.2) is 0 Å². The van der Waals surface area contributed by atoms with Crippen LogP contribution in [0.5, 0.6) is 0 Å². The molecule has 2 aliphatic rings. The van der Waals surface area contributed by atoms with Crippen molar-refractivity contribution in [2.24, 2.45) is 5.41 Å². The summed E-state index contributed by atoms with van der Waals surface area (Å²) in [6.45, 7) is 12.0. The first-order valence-electron chi connectivity index (χ1n) is 14.2. The van der Waals surface area contributed by atoms with Crippen LogP contribution in [-0.4, -0.2) is 16.7 Å². The topological polar surface area (TPSA) is 74.9 Å². The molecule has 1 aliphatic carbocycles. The zero-order valence-electron chi connectivity index (χ0n) is 25.4. The van der Waals surface area contributed by atoms with Gasteiger partial charge in [-0.2, -0.15) is 0 Å². The number of Topliss-reactive ketones (excluding diaryl/α,β-unsaturated/α-hetero) is 2. The SMILES string of the molecule is CC(C)(C)C1=C/C(=C\C2=C(O)C(=C\c3cc(-c4ccccc4Cl)[o+]c(C(C)(C)C)c3)/C(=O)C2=O)C=C(c2ccccc2Cl)O1. The fraction of sp³-hybridized carbons (Fsp3) is 0.216. The molecule has 0 amide bonds. The molecule has 3 aromatic rings. The van der Waals surface area contributed by atoms with Crippen molar-refractivity contribution < 1.29 is 23.8 Å². The number of rotatable bonds is 4. The van der Waals surface area contributed by atoms with Gasteiger partial charge < -0.3 is 9.84 Å². The highest BCUT2D eigenvalue weighted by molar-refractivity contribution is 6.54. The molecule has 2 aromatic carbocycles. The monoisotopic (exact) mass is 627 g/mol. The van der Waals surface area contributed by atoms with E-state index in [9.17, 15) is 14.7 Å². The summed E-state index contributed by atoms with van der Waals surface area (Å²) in [5.41, 5.74) is 1.57. The molecular formula is C37H33Cl2O5+. The summed E-state index contributed by atoms with van der Waals surface area (Å²) in [5, 5.41) is 12.3. The molecule has 1 aromatic heterocycles. The number of benzene rings is 2. The Hall–Kier alpha value is -4.19. The Morgan fingerprint density at radius 1 is 0.773 bits per heavy atom. The molecule has 44 heavy (non-hydrogen) atoms. The van der Waals surface area contributed by atoms with Crippen LogP contribution < -0.4 is 0 Å². The minimum Gasteiger partial charge on any atom is -0.506 e. The fourth-order valence-electron chi connectivity index (χ4n) is 4.74. The first-order chi connectivity index (χ1) is 20.6. The van der Waals surface area contributed by atoms with Crippen molar-refractivity contribution in [2.75, 3.05) is 0 Å². The van der Waals surface area contributed by atoms with Crippen LogP contribution in [0.25, 0.3) is 23.2 Å². The largest absolute Gasteiger partial charge is 0.506 e. The smallest absolute Gasteiger partial charge is 0.362 e. The van der Waals surface area contributed by atoms with E-state index in [1.54, 1.807) is 36.4 Å². The molecule has 1 aliphatic heterocycles. The lowest BCUT2D eigenvalue weighted by Crippen LogP contribution is -2.15. The summed E-state index contributed by atoms with van der Waals surface area (Å²) in [5.74, 6) is 0.291. The molecule has 5 rings (SSSR count). The lowest BCUT2D eigenvalue weighted by atomic mass is 9.90. The molecule has 0 spiro atoms. The van der Waals surface area contributed by atoms with Crippen LogP contribution in [0.2, 0.25) is 10.0 Å².